The predicted molar refractivity (Wildman–Crippen MR) is 88.4 cm³/mol. The first-order valence-electron chi connectivity index (χ1n) is 7.88. The summed E-state index contributed by atoms with van der Waals surface area (Å²) in [6.07, 6.45) is -0.445. The second kappa shape index (κ2) is 8.57. The first-order chi connectivity index (χ1) is 12.0. The maximum absolute atomic E-state index is 12.6. The highest BCUT2D eigenvalue weighted by Crippen LogP contribution is 2.38. The molecule has 25 heavy (non-hydrogen) atoms. The standard InChI is InChI=1S/C17H23NO7/c1-22-13-6-11(7-14(23-2)17(13)24-3)8-15(19)18-4-5-25-12(10-18)9-16(20)21/h6-7,12H,4-5,8-10H2,1-3H3,(H,20,21). The van der Waals surface area contributed by atoms with Crippen LogP contribution in [0.1, 0.15) is 12.0 Å². The van der Waals surface area contributed by atoms with Gasteiger partial charge >= 0.3 is 5.97 Å². The third-order valence-electron chi connectivity index (χ3n) is 3.97. The summed E-state index contributed by atoms with van der Waals surface area (Å²) in [6, 6.07) is 3.46. The van der Waals surface area contributed by atoms with Crippen LogP contribution in [0, 0.1) is 0 Å². The molecule has 0 spiro atoms. The summed E-state index contributed by atoms with van der Waals surface area (Å²) in [7, 11) is 4.55. The highest BCUT2D eigenvalue weighted by atomic mass is 16.5. The van der Waals surface area contributed by atoms with Crippen LogP contribution in [0.5, 0.6) is 17.2 Å². The zero-order valence-electron chi connectivity index (χ0n) is 14.6. The molecule has 1 aliphatic rings. The Bertz CT molecular complexity index is 606. The van der Waals surface area contributed by atoms with Gasteiger partial charge in [-0.25, -0.2) is 0 Å². The van der Waals surface area contributed by atoms with Crippen molar-refractivity contribution >= 4 is 11.9 Å². The molecule has 0 radical (unpaired) electrons. The summed E-state index contributed by atoms with van der Waals surface area (Å²) < 4.78 is 21.2. The Morgan fingerprint density at radius 1 is 1.20 bits per heavy atom. The smallest absolute Gasteiger partial charge is 0.306 e. The average molecular weight is 353 g/mol. The molecule has 138 valence electrons. The summed E-state index contributed by atoms with van der Waals surface area (Å²) in [5, 5.41) is 8.87. The minimum Gasteiger partial charge on any atom is -0.493 e. The number of morpholine rings is 1. The normalized spacial score (nSPS) is 17.1. The number of ether oxygens (including phenoxy) is 4. The van der Waals surface area contributed by atoms with E-state index in [-0.39, 0.29) is 25.3 Å². The molecule has 1 unspecified atom stereocenters. The Morgan fingerprint density at radius 2 is 1.84 bits per heavy atom. The minimum absolute atomic E-state index is 0.104. The van der Waals surface area contributed by atoms with E-state index in [1.807, 2.05) is 0 Å². The third kappa shape index (κ3) is 4.76. The molecule has 0 aliphatic carbocycles. The highest BCUT2D eigenvalue weighted by Gasteiger charge is 2.26. The van der Waals surface area contributed by atoms with Crippen LogP contribution in [-0.2, 0) is 20.7 Å². The van der Waals surface area contributed by atoms with Crippen LogP contribution in [0.15, 0.2) is 12.1 Å². The lowest BCUT2D eigenvalue weighted by molar-refractivity contribution is -0.147. The number of carbonyl (C=O) groups excluding carboxylic acids is 1. The van der Waals surface area contributed by atoms with E-state index in [9.17, 15) is 9.59 Å². The van der Waals surface area contributed by atoms with E-state index in [4.69, 9.17) is 24.1 Å². The van der Waals surface area contributed by atoms with Gasteiger partial charge in [-0.05, 0) is 17.7 Å². The number of methoxy groups -OCH3 is 3. The van der Waals surface area contributed by atoms with Gasteiger partial charge in [0.15, 0.2) is 11.5 Å². The number of carbonyl (C=O) groups is 2. The molecule has 0 aromatic heterocycles. The van der Waals surface area contributed by atoms with Crippen LogP contribution in [0.25, 0.3) is 0 Å². The van der Waals surface area contributed by atoms with Crippen LogP contribution < -0.4 is 14.2 Å². The summed E-state index contributed by atoms with van der Waals surface area (Å²) in [5.41, 5.74) is 0.723. The largest absolute Gasteiger partial charge is 0.493 e. The molecule has 8 heteroatoms. The lowest BCUT2D eigenvalue weighted by Gasteiger charge is -2.32. The first kappa shape index (κ1) is 18.9. The van der Waals surface area contributed by atoms with E-state index in [0.29, 0.717) is 30.4 Å². The molecular formula is C17H23NO7. The number of hydrogen-bond donors (Lipinski definition) is 1. The Kier molecular flexibility index (Phi) is 6.46. The molecule has 1 aromatic rings. The van der Waals surface area contributed by atoms with Crippen LogP contribution in [0.2, 0.25) is 0 Å². The molecule has 1 N–H and O–H groups in total. The van der Waals surface area contributed by atoms with Crippen LogP contribution >= 0.6 is 0 Å². The fraction of sp³-hybridized carbons (Fsp3) is 0.529. The van der Waals surface area contributed by atoms with Gasteiger partial charge in [0.25, 0.3) is 0 Å². The molecule has 0 saturated carbocycles. The summed E-state index contributed by atoms with van der Waals surface area (Å²) in [6.45, 7) is 1.05. The second-order valence-electron chi connectivity index (χ2n) is 5.64. The summed E-state index contributed by atoms with van der Waals surface area (Å²) in [4.78, 5) is 25.0. The SMILES string of the molecule is COc1cc(CC(=O)N2CCOC(CC(=O)O)C2)cc(OC)c1OC. The third-order valence-corrected chi connectivity index (χ3v) is 3.97. The fourth-order valence-corrected chi connectivity index (χ4v) is 2.79. The first-order valence-corrected chi connectivity index (χ1v) is 7.88. The van der Waals surface area contributed by atoms with Gasteiger partial charge in [-0.2, -0.15) is 0 Å². The zero-order chi connectivity index (χ0) is 18.4. The molecule has 1 aliphatic heterocycles. The van der Waals surface area contributed by atoms with E-state index in [2.05, 4.69) is 0 Å². The average Bonchev–Trinajstić information content (AvgIpc) is 2.60. The van der Waals surface area contributed by atoms with Crippen molar-refractivity contribution in [2.75, 3.05) is 41.0 Å². The quantitative estimate of drug-likeness (QED) is 0.780. The van der Waals surface area contributed by atoms with Crippen LogP contribution in [-0.4, -0.2) is 69.0 Å². The zero-order valence-corrected chi connectivity index (χ0v) is 14.6. The van der Waals surface area contributed by atoms with Gasteiger partial charge < -0.3 is 29.0 Å². The molecule has 8 nitrogen and oxygen atoms in total. The number of carboxylic acids is 1. The Balaban J connectivity index is 2.10. The molecule has 1 saturated heterocycles. The van der Waals surface area contributed by atoms with E-state index >= 15 is 0 Å². The van der Waals surface area contributed by atoms with E-state index in [1.165, 1.54) is 21.3 Å². The Labute approximate surface area is 146 Å². The van der Waals surface area contributed by atoms with Crippen molar-refractivity contribution in [1.29, 1.82) is 0 Å². The van der Waals surface area contributed by atoms with E-state index in [1.54, 1.807) is 17.0 Å². The topological polar surface area (TPSA) is 94.5 Å². The van der Waals surface area contributed by atoms with Crippen molar-refractivity contribution in [3.8, 4) is 17.2 Å². The molecule has 1 aromatic carbocycles. The van der Waals surface area contributed by atoms with E-state index in [0.717, 1.165) is 5.56 Å². The van der Waals surface area contributed by atoms with Gasteiger partial charge in [0, 0.05) is 13.1 Å². The highest BCUT2D eigenvalue weighted by molar-refractivity contribution is 5.79. The monoisotopic (exact) mass is 353 g/mol. The lowest BCUT2D eigenvalue weighted by atomic mass is 10.1. The van der Waals surface area contributed by atoms with Crippen LogP contribution in [0.4, 0.5) is 0 Å². The Morgan fingerprint density at radius 3 is 2.36 bits per heavy atom. The summed E-state index contributed by atoms with van der Waals surface area (Å²) >= 11 is 0. The van der Waals surface area contributed by atoms with Crippen molar-refractivity contribution in [2.24, 2.45) is 0 Å². The number of amides is 1. The number of nitrogens with zero attached hydrogens (tertiary/aromatic N) is 1. The van der Waals surface area contributed by atoms with Gasteiger partial charge in [0.05, 0.1) is 46.9 Å². The van der Waals surface area contributed by atoms with Crippen molar-refractivity contribution in [1.82, 2.24) is 4.90 Å². The number of rotatable bonds is 7. The van der Waals surface area contributed by atoms with Gasteiger partial charge in [-0.15, -0.1) is 0 Å². The maximum Gasteiger partial charge on any atom is 0.306 e. The number of hydrogen-bond acceptors (Lipinski definition) is 6. The van der Waals surface area contributed by atoms with Crippen molar-refractivity contribution in [3.05, 3.63) is 17.7 Å². The molecular weight excluding hydrogens is 330 g/mol. The molecule has 0 bridgehead atoms. The molecule has 1 atom stereocenters. The van der Waals surface area contributed by atoms with Crippen molar-refractivity contribution < 1.29 is 33.6 Å². The molecule has 2 rings (SSSR count). The number of aliphatic carboxylic acids is 1. The van der Waals surface area contributed by atoms with Crippen molar-refractivity contribution in [3.63, 3.8) is 0 Å². The Hall–Kier alpha value is -2.48. The lowest BCUT2D eigenvalue weighted by Crippen LogP contribution is -2.46. The fourth-order valence-electron chi connectivity index (χ4n) is 2.79. The number of carboxylic acid groups (broad SMARTS) is 1. The number of benzene rings is 1. The van der Waals surface area contributed by atoms with Gasteiger partial charge in [-0.3, -0.25) is 9.59 Å². The van der Waals surface area contributed by atoms with Crippen LogP contribution in [0.3, 0.4) is 0 Å². The maximum atomic E-state index is 12.6. The van der Waals surface area contributed by atoms with Gasteiger partial charge in [0.1, 0.15) is 0 Å². The molecule has 1 heterocycles. The van der Waals surface area contributed by atoms with E-state index < -0.39 is 12.1 Å². The minimum atomic E-state index is -0.941. The summed E-state index contributed by atoms with van der Waals surface area (Å²) in [5.74, 6) is 0.386. The second-order valence-corrected chi connectivity index (χ2v) is 5.64. The van der Waals surface area contributed by atoms with Gasteiger partial charge in [0.2, 0.25) is 11.7 Å². The van der Waals surface area contributed by atoms with Crippen molar-refractivity contribution in [2.45, 2.75) is 18.9 Å². The van der Waals surface area contributed by atoms with Gasteiger partial charge in [-0.1, -0.05) is 0 Å². The molecule has 1 fully saturated rings. The molecule has 1 amide bonds. The predicted octanol–water partition coefficient (Wildman–Crippen LogP) is 0.957.